The highest BCUT2D eigenvalue weighted by atomic mass is 32.2. The number of anilines is 2. The third-order valence-corrected chi connectivity index (χ3v) is 5.62. The van der Waals surface area contributed by atoms with Crippen molar-refractivity contribution in [1.29, 1.82) is 0 Å². The van der Waals surface area contributed by atoms with Gasteiger partial charge in [0.1, 0.15) is 0 Å². The second-order valence-corrected chi connectivity index (χ2v) is 10.2. The molecule has 0 aliphatic heterocycles. The van der Waals surface area contributed by atoms with E-state index in [-0.39, 0.29) is 23.1 Å². The third-order valence-electron chi connectivity index (χ3n) is 4.33. The van der Waals surface area contributed by atoms with Gasteiger partial charge in [0.15, 0.2) is 5.69 Å². The second-order valence-electron chi connectivity index (χ2n) is 8.18. The molecule has 0 radical (unpaired) electrons. The quantitative estimate of drug-likeness (QED) is 0.756. The molecule has 0 saturated carbocycles. The molecular weight excluding hydrogens is 376 g/mol. The van der Waals surface area contributed by atoms with Crippen LogP contribution in [0.4, 0.5) is 11.4 Å². The van der Waals surface area contributed by atoms with Gasteiger partial charge in [-0.2, -0.15) is 5.10 Å². The Morgan fingerprint density at radius 3 is 2.32 bits per heavy atom. The van der Waals surface area contributed by atoms with Crippen LogP contribution in [0.25, 0.3) is 0 Å². The van der Waals surface area contributed by atoms with Crippen LogP contribution >= 0.6 is 0 Å². The molecule has 1 heterocycles. The highest BCUT2D eigenvalue weighted by Gasteiger charge is 2.23. The number of hydrogen-bond acceptors (Lipinski definition) is 4. The molecule has 1 amide bonds. The minimum atomic E-state index is -3.35. The van der Waals surface area contributed by atoms with Crippen molar-refractivity contribution in [3.63, 3.8) is 0 Å². The van der Waals surface area contributed by atoms with Crippen LogP contribution in [0.2, 0.25) is 0 Å². The van der Waals surface area contributed by atoms with E-state index in [0.717, 1.165) is 11.3 Å². The number of aryl methyl sites for hydroxylation is 1. The van der Waals surface area contributed by atoms with E-state index in [0.29, 0.717) is 17.1 Å². The summed E-state index contributed by atoms with van der Waals surface area (Å²) >= 11 is 0. The standard InChI is InChI=1S/C20H30N4O3S/c1-8-28(26,27)23-16-10-9-15(11-14(16)4)21-19(25)17-12-18(13(2)3)24(22-17)20(5,6)7/h9-13,23H,8H2,1-7H3,(H,21,25). The lowest BCUT2D eigenvalue weighted by Gasteiger charge is -2.23. The molecule has 0 fully saturated rings. The van der Waals surface area contributed by atoms with E-state index in [9.17, 15) is 13.2 Å². The second kappa shape index (κ2) is 7.95. The smallest absolute Gasteiger partial charge is 0.276 e. The molecule has 0 bridgehead atoms. The Hall–Kier alpha value is -2.35. The number of carbonyl (C=O) groups excluding carboxylic acids is 1. The predicted molar refractivity (Wildman–Crippen MR) is 114 cm³/mol. The fourth-order valence-corrected chi connectivity index (χ4v) is 3.45. The molecule has 0 aliphatic rings. The first kappa shape index (κ1) is 21.9. The van der Waals surface area contributed by atoms with Gasteiger partial charge >= 0.3 is 0 Å². The Bertz CT molecular complexity index is 970. The van der Waals surface area contributed by atoms with Gasteiger partial charge in [-0.25, -0.2) is 8.42 Å². The van der Waals surface area contributed by atoms with Crippen molar-refractivity contribution in [3.8, 4) is 0 Å². The van der Waals surface area contributed by atoms with E-state index in [1.807, 2.05) is 31.5 Å². The van der Waals surface area contributed by atoms with E-state index in [1.165, 1.54) is 0 Å². The van der Waals surface area contributed by atoms with Crippen molar-refractivity contribution >= 4 is 27.3 Å². The summed E-state index contributed by atoms with van der Waals surface area (Å²) in [5.74, 6) is -0.0629. The number of sulfonamides is 1. The van der Waals surface area contributed by atoms with E-state index >= 15 is 0 Å². The average Bonchev–Trinajstić information content (AvgIpc) is 3.03. The molecule has 2 aromatic rings. The Labute approximate surface area is 167 Å². The lowest BCUT2D eigenvalue weighted by Crippen LogP contribution is -2.26. The number of nitrogens with zero attached hydrogens (tertiary/aromatic N) is 2. The first-order valence-corrected chi connectivity index (χ1v) is 11.0. The van der Waals surface area contributed by atoms with Crippen LogP contribution in [-0.2, 0) is 15.6 Å². The molecule has 2 N–H and O–H groups in total. The van der Waals surface area contributed by atoms with Crippen LogP contribution in [0, 0.1) is 6.92 Å². The van der Waals surface area contributed by atoms with Gasteiger partial charge in [0.2, 0.25) is 10.0 Å². The average molecular weight is 407 g/mol. The SMILES string of the molecule is CCS(=O)(=O)Nc1ccc(NC(=O)c2cc(C(C)C)n(C(C)(C)C)n2)cc1C. The molecule has 0 aliphatic carbocycles. The first-order valence-electron chi connectivity index (χ1n) is 9.37. The monoisotopic (exact) mass is 406 g/mol. The molecule has 7 nitrogen and oxygen atoms in total. The summed E-state index contributed by atoms with van der Waals surface area (Å²) < 4.78 is 27.9. The summed E-state index contributed by atoms with van der Waals surface area (Å²) in [5.41, 5.74) is 2.92. The zero-order valence-corrected chi connectivity index (χ0v) is 18.4. The highest BCUT2D eigenvalue weighted by molar-refractivity contribution is 7.92. The van der Waals surface area contributed by atoms with Gasteiger partial charge in [0.25, 0.3) is 5.91 Å². The summed E-state index contributed by atoms with van der Waals surface area (Å²) in [7, 11) is -3.35. The van der Waals surface area contributed by atoms with Crippen molar-refractivity contribution in [3.05, 3.63) is 41.2 Å². The zero-order valence-electron chi connectivity index (χ0n) is 17.6. The largest absolute Gasteiger partial charge is 0.321 e. The van der Waals surface area contributed by atoms with E-state index < -0.39 is 10.0 Å². The Kier molecular flexibility index (Phi) is 6.23. The molecule has 8 heteroatoms. The number of benzene rings is 1. The Morgan fingerprint density at radius 1 is 1.21 bits per heavy atom. The minimum absolute atomic E-state index is 0.000449. The molecule has 0 saturated heterocycles. The van der Waals surface area contributed by atoms with Gasteiger partial charge in [0, 0.05) is 11.4 Å². The molecule has 0 unspecified atom stereocenters. The lowest BCUT2D eigenvalue weighted by atomic mass is 10.1. The van der Waals surface area contributed by atoms with Crippen LogP contribution in [0.5, 0.6) is 0 Å². The van der Waals surface area contributed by atoms with Crippen LogP contribution in [0.1, 0.15) is 69.2 Å². The Morgan fingerprint density at radius 2 is 1.86 bits per heavy atom. The van der Waals surface area contributed by atoms with Gasteiger partial charge < -0.3 is 5.32 Å². The zero-order chi connectivity index (χ0) is 21.3. The summed E-state index contributed by atoms with van der Waals surface area (Å²) in [4.78, 5) is 12.7. The number of nitrogens with one attached hydrogen (secondary N) is 2. The molecular formula is C20H30N4O3S. The van der Waals surface area contributed by atoms with Gasteiger partial charge in [-0.05, 0) is 70.4 Å². The molecule has 2 rings (SSSR count). The van der Waals surface area contributed by atoms with E-state index in [2.05, 4.69) is 29.0 Å². The van der Waals surface area contributed by atoms with Crippen molar-refractivity contribution in [2.45, 2.75) is 59.9 Å². The molecule has 1 aromatic heterocycles. The highest BCUT2D eigenvalue weighted by Crippen LogP contribution is 2.25. The summed E-state index contributed by atoms with van der Waals surface area (Å²) in [5, 5.41) is 7.35. The fraction of sp³-hybridized carbons (Fsp3) is 0.500. The maximum atomic E-state index is 12.7. The third kappa shape index (κ3) is 5.13. The van der Waals surface area contributed by atoms with Crippen LogP contribution in [-0.4, -0.2) is 29.9 Å². The maximum absolute atomic E-state index is 12.7. The molecule has 0 spiro atoms. The number of amides is 1. The fourth-order valence-electron chi connectivity index (χ4n) is 2.75. The number of hydrogen-bond donors (Lipinski definition) is 2. The van der Waals surface area contributed by atoms with Gasteiger partial charge in [-0.15, -0.1) is 0 Å². The molecule has 28 heavy (non-hydrogen) atoms. The van der Waals surface area contributed by atoms with Crippen molar-refractivity contribution in [1.82, 2.24) is 9.78 Å². The number of rotatable bonds is 6. The summed E-state index contributed by atoms with van der Waals surface area (Å²) in [6.07, 6.45) is 0. The van der Waals surface area contributed by atoms with Crippen molar-refractivity contribution in [2.24, 2.45) is 0 Å². The van der Waals surface area contributed by atoms with Gasteiger partial charge in [0.05, 0.1) is 17.0 Å². The van der Waals surface area contributed by atoms with E-state index in [1.54, 1.807) is 32.0 Å². The normalized spacial score (nSPS) is 12.3. The van der Waals surface area contributed by atoms with Gasteiger partial charge in [-0.1, -0.05) is 13.8 Å². The van der Waals surface area contributed by atoms with Crippen molar-refractivity contribution < 1.29 is 13.2 Å². The van der Waals surface area contributed by atoms with Gasteiger partial charge in [-0.3, -0.25) is 14.2 Å². The summed E-state index contributed by atoms with van der Waals surface area (Å²) in [6.45, 7) is 13.6. The molecule has 1 aromatic carbocycles. The predicted octanol–water partition coefficient (Wildman–Crippen LogP) is 4.08. The van der Waals surface area contributed by atoms with Crippen molar-refractivity contribution in [2.75, 3.05) is 15.8 Å². The minimum Gasteiger partial charge on any atom is -0.321 e. The maximum Gasteiger partial charge on any atom is 0.276 e. The first-order chi connectivity index (χ1) is 12.8. The number of carbonyl (C=O) groups is 1. The molecule has 154 valence electrons. The topological polar surface area (TPSA) is 93.1 Å². The van der Waals surface area contributed by atoms with Crippen LogP contribution in [0.15, 0.2) is 24.3 Å². The number of aromatic nitrogens is 2. The summed E-state index contributed by atoms with van der Waals surface area (Å²) in [6, 6.07) is 6.87. The lowest BCUT2D eigenvalue weighted by molar-refractivity contribution is 0.102. The Balaban J connectivity index is 2.25. The van der Waals surface area contributed by atoms with Crippen LogP contribution in [0.3, 0.4) is 0 Å². The molecule has 0 atom stereocenters. The van der Waals surface area contributed by atoms with Crippen LogP contribution < -0.4 is 10.0 Å². The van der Waals surface area contributed by atoms with E-state index in [4.69, 9.17) is 0 Å².